The van der Waals surface area contributed by atoms with Crippen molar-refractivity contribution in [2.75, 3.05) is 12.0 Å². The fourth-order valence-electron chi connectivity index (χ4n) is 3.97. The second kappa shape index (κ2) is 5.77. The first-order chi connectivity index (χ1) is 7.69. The molecule has 5 atom stereocenters. The highest BCUT2D eigenvalue weighted by atomic mass is 32.2. The zero-order chi connectivity index (χ0) is 11.5. The maximum Gasteiger partial charge on any atom is 0.0132 e. The molecule has 0 aromatic carbocycles. The van der Waals surface area contributed by atoms with Crippen molar-refractivity contribution in [3.8, 4) is 0 Å². The van der Waals surface area contributed by atoms with Gasteiger partial charge < -0.3 is 5.32 Å². The van der Waals surface area contributed by atoms with Gasteiger partial charge in [-0.3, -0.25) is 0 Å². The van der Waals surface area contributed by atoms with Gasteiger partial charge in [-0.2, -0.15) is 11.8 Å². The smallest absolute Gasteiger partial charge is 0.0132 e. The molecule has 0 saturated heterocycles. The molecule has 5 unspecified atom stereocenters. The van der Waals surface area contributed by atoms with Gasteiger partial charge in [0.1, 0.15) is 0 Å². The Labute approximate surface area is 105 Å². The molecule has 16 heavy (non-hydrogen) atoms. The molecule has 2 aliphatic rings. The highest BCUT2D eigenvalue weighted by Crippen LogP contribution is 2.49. The van der Waals surface area contributed by atoms with E-state index < -0.39 is 0 Å². The first-order valence-electron chi connectivity index (χ1n) is 6.94. The van der Waals surface area contributed by atoms with Gasteiger partial charge in [0, 0.05) is 17.8 Å². The molecule has 2 heteroatoms. The van der Waals surface area contributed by atoms with Crippen LogP contribution in [0.4, 0.5) is 0 Å². The van der Waals surface area contributed by atoms with Crippen molar-refractivity contribution in [2.45, 2.75) is 58.0 Å². The average Bonchev–Trinajstić information content (AvgIpc) is 2.78. The fourth-order valence-corrected chi connectivity index (χ4v) is 4.57. The van der Waals surface area contributed by atoms with Gasteiger partial charge in [0.2, 0.25) is 0 Å². The van der Waals surface area contributed by atoms with Gasteiger partial charge in [0.15, 0.2) is 0 Å². The van der Waals surface area contributed by atoms with E-state index in [2.05, 4.69) is 25.4 Å². The lowest BCUT2D eigenvalue weighted by molar-refractivity contribution is 0.279. The number of nitrogens with one attached hydrogen (secondary N) is 1. The second-order valence-electron chi connectivity index (χ2n) is 6.09. The quantitative estimate of drug-likeness (QED) is 0.763. The molecule has 2 fully saturated rings. The van der Waals surface area contributed by atoms with Crippen molar-refractivity contribution < 1.29 is 0 Å². The third-order valence-electron chi connectivity index (χ3n) is 4.53. The predicted octanol–water partition coefficient (Wildman–Crippen LogP) is 3.54. The number of rotatable bonds is 6. The molecular formula is C14H27NS. The Morgan fingerprint density at radius 3 is 2.56 bits per heavy atom. The maximum absolute atomic E-state index is 3.75. The van der Waals surface area contributed by atoms with E-state index in [0.29, 0.717) is 12.1 Å². The third-order valence-corrected chi connectivity index (χ3v) is 5.36. The first-order valence-corrected chi connectivity index (χ1v) is 8.33. The third kappa shape index (κ3) is 3.16. The summed E-state index contributed by atoms with van der Waals surface area (Å²) in [6.45, 7) is 4.69. The summed E-state index contributed by atoms with van der Waals surface area (Å²) in [5.74, 6) is 4.47. The van der Waals surface area contributed by atoms with Crippen LogP contribution in [0.5, 0.6) is 0 Å². The van der Waals surface area contributed by atoms with Crippen LogP contribution in [-0.4, -0.2) is 24.1 Å². The fraction of sp³-hybridized carbons (Fsp3) is 1.00. The van der Waals surface area contributed by atoms with Crippen LogP contribution >= 0.6 is 11.8 Å². The van der Waals surface area contributed by atoms with Gasteiger partial charge >= 0.3 is 0 Å². The van der Waals surface area contributed by atoms with Crippen molar-refractivity contribution in [1.29, 1.82) is 0 Å². The van der Waals surface area contributed by atoms with E-state index in [1.54, 1.807) is 6.42 Å². The lowest BCUT2D eigenvalue weighted by Crippen LogP contribution is -2.37. The minimum Gasteiger partial charge on any atom is -0.311 e. The number of hydrogen-bond donors (Lipinski definition) is 1. The zero-order valence-electron chi connectivity index (χ0n) is 11.0. The highest BCUT2D eigenvalue weighted by molar-refractivity contribution is 7.98. The summed E-state index contributed by atoms with van der Waals surface area (Å²) in [6, 6.07) is 1.38. The van der Waals surface area contributed by atoms with Crippen molar-refractivity contribution >= 4 is 11.8 Å². The molecule has 94 valence electrons. The largest absolute Gasteiger partial charge is 0.311 e. The van der Waals surface area contributed by atoms with Crippen LogP contribution < -0.4 is 5.32 Å². The van der Waals surface area contributed by atoms with E-state index in [4.69, 9.17) is 0 Å². The molecule has 1 nitrogen and oxygen atoms in total. The van der Waals surface area contributed by atoms with E-state index >= 15 is 0 Å². The van der Waals surface area contributed by atoms with Gasteiger partial charge in [-0.1, -0.05) is 6.42 Å². The lowest BCUT2D eigenvalue weighted by Gasteiger charge is -2.27. The molecule has 0 heterocycles. The molecule has 0 amide bonds. The Morgan fingerprint density at radius 2 is 2.00 bits per heavy atom. The summed E-state index contributed by atoms with van der Waals surface area (Å²) in [4.78, 5) is 0. The van der Waals surface area contributed by atoms with Gasteiger partial charge in [0.05, 0.1) is 0 Å². The van der Waals surface area contributed by atoms with Crippen LogP contribution in [0.25, 0.3) is 0 Å². The topological polar surface area (TPSA) is 12.0 Å². The first kappa shape index (κ1) is 12.8. The minimum absolute atomic E-state index is 0.670. The predicted molar refractivity (Wildman–Crippen MR) is 74.0 cm³/mol. The Balaban J connectivity index is 1.69. The molecule has 0 spiro atoms. The SMILES string of the molecule is CSCC(C)NC(C)CC1CC2CCC1C2. The van der Waals surface area contributed by atoms with Crippen LogP contribution in [-0.2, 0) is 0 Å². The van der Waals surface area contributed by atoms with Crippen LogP contribution in [0.3, 0.4) is 0 Å². The summed E-state index contributed by atoms with van der Waals surface area (Å²) in [5, 5.41) is 3.75. The molecule has 1 N–H and O–H groups in total. The Kier molecular flexibility index (Phi) is 4.60. The van der Waals surface area contributed by atoms with Crippen molar-refractivity contribution in [3.63, 3.8) is 0 Å². The van der Waals surface area contributed by atoms with Crippen molar-refractivity contribution in [2.24, 2.45) is 17.8 Å². The van der Waals surface area contributed by atoms with E-state index in [1.165, 1.54) is 31.4 Å². The molecular weight excluding hydrogens is 214 g/mol. The van der Waals surface area contributed by atoms with Crippen LogP contribution in [0, 0.1) is 17.8 Å². The standard InChI is InChI=1S/C14H27NS/c1-10(15-11(2)9-16-3)6-14-8-12-4-5-13(14)7-12/h10-15H,4-9H2,1-3H3. The Hall–Kier alpha value is 0.310. The zero-order valence-corrected chi connectivity index (χ0v) is 11.9. The van der Waals surface area contributed by atoms with Gasteiger partial charge in [-0.05, 0) is 63.5 Å². The molecule has 0 aromatic heterocycles. The van der Waals surface area contributed by atoms with Crippen molar-refractivity contribution in [1.82, 2.24) is 5.32 Å². The van der Waals surface area contributed by atoms with Crippen LogP contribution in [0.1, 0.15) is 46.0 Å². The van der Waals surface area contributed by atoms with E-state index in [-0.39, 0.29) is 0 Å². The Morgan fingerprint density at radius 1 is 1.19 bits per heavy atom. The summed E-state index contributed by atoms with van der Waals surface area (Å²) in [5.41, 5.74) is 0. The molecule has 2 aliphatic carbocycles. The number of thioether (sulfide) groups is 1. The molecule has 0 aromatic rings. The van der Waals surface area contributed by atoms with Gasteiger partial charge in [-0.15, -0.1) is 0 Å². The Bertz CT molecular complexity index is 219. The molecule has 2 bridgehead atoms. The van der Waals surface area contributed by atoms with Gasteiger partial charge in [0.25, 0.3) is 0 Å². The average molecular weight is 241 g/mol. The summed E-state index contributed by atoms with van der Waals surface area (Å²) >= 11 is 1.94. The minimum atomic E-state index is 0.670. The lowest BCUT2D eigenvalue weighted by atomic mass is 9.84. The molecule has 2 rings (SSSR count). The van der Waals surface area contributed by atoms with E-state index in [1.807, 2.05) is 11.8 Å². The van der Waals surface area contributed by atoms with Crippen molar-refractivity contribution in [3.05, 3.63) is 0 Å². The van der Waals surface area contributed by atoms with Gasteiger partial charge in [-0.25, -0.2) is 0 Å². The normalized spacial score (nSPS) is 36.6. The maximum atomic E-state index is 3.75. The summed E-state index contributed by atoms with van der Waals surface area (Å²) < 4.78 is 0. The molecule has 0 aliphatic heterocycles. The highest BCUT2D eigenvalue weighted by Gasteiger charge is 2.39. The monoisotopic (exact) mass is 241 g/mol. The summed E-state index contributed by atoms with van der Waals surface area (Å²) in [6.07, 6.45) is 9.76. The van der Waals surface area contributed by atoms with E-state index in [9.17, 15) is 0 Å². The van der Waals surface area contributed by atoms with Crippen LogP contribution in [0.15, 0.2) is 0 Å². The molecule has 2 saturated carbocycles. The van der Waals surface area contributed by atoms with E-state index in [0.717, 1.165) is 17.8 Å². The number of fused-ring (bicyclic) bond motifs is 2. The van der Waals surface area contributed by atoms with Crippen LogP contribution in [0.2, 0.25) is 0 Å². The summed E-state index contributed by atoms with van der Waals surface area (Å²) in [7, 11) is 0. The second-order valence-corrected chi connectivity index (χ2v) is 7.01. The molecule has 0 radical (unpaired) electrons. The number of hydrogen-bond acceptors (Lipinski definition) is 2.